The molecule has 1 saturated carbocycles. The molecule has 0 unspecified atom stereocenters. The molecule has 1 aromatic carbocycles. The number of hydrogen-bond donors (Lipinski definition) is 3. The molecule has 0 spiro atoms. The molecule has 9 nitrogen and oxygen atoms in total. The summed E-state index contributed by atoms with van der Waals surface area (Å²) in [5.74, 6) is -2.18. The van der Waals surface area contributed by atoms with Gasteiger partial charge in [-0.3, -0.25) is 19.5 Å². The molecule has 0 bridgehead atoms. The molecule has 11 heteroatoms. The first-order valence-electron chi connectivity index (χ1n) is 14.1. The first-order chi connectivity index (χ1) is 19.8. The molecule has 2 fully saturated rings. The van der Waals surface area contributed by atoms with Gasteiger partial charge >= 0.3 is 0 Å². The number of nitrogens with one attached hydrogen (secondary N) is 2. The Hall–Kier alpha value is -3.83. The Morgan fingerprint density at radius 2 is 1.81 bits per heavy atom. The van der Waals surface area contributed by atoms with E-state index in [0.717, 1.165) is 25.0 Å². The van der Waals surface area contributed by atoms with Gasteiger partial charge in [0.15, 0.2) is 0 Å². The van der Waals surface area contributed by atoms with Crippen LogP contribution in [0.3, 0.4) is 0 Å². The maximum absolute atomic E-state index is 14.4. The molecule has 2 aliphatic rings. The highest BCUT2D eigenvalue weighted by molar-refractivity contribution is 5.94. The van der Waals surface area contributed by atoms with Gasteiger partial charge in [-0.05, 0) is 82.3 Å². The van der Waals surface area contributed by atoms with E-state index in [-0.39, 0.29) is 29.6 Å². The summed E-state index contributed by atoms with van der Waals surface area (Å²) in [6.07, 6.45) is 7.51. The molecule has 2 aromatic heterocycles. The third kappa shape index (κ3) is 6.63. The summed E-state index contributed by atoms with van der Waals surface area (Å²) in [6, 6.07) is 8.26. The van der Waals surface area contributed by atoms with Gasteiger partial charge in [-0.25, -0.2) is 18.7 Å². The molecule has 3 N–H and O–H groups in total. The third-order valence-corrected chi connectivity index (χ3v) is 8.35. The van der Waals surface area contributed by atoms with Crippen LogP contribution in [0.1, 0.15) is 69.1 Å². The fourth-order valence-electron chi connectivity index (χ4n) is 5.99. The number of carbonyl (C=O) groups excluding carboxylic acids is 2. The highest BCUT2D eigenvalue weighted by Gasteiger charge is 2.49. The van der Waals surface area contributed by atoms with Crippen molar-refractivity contribution in [3.8, 4) is 11.1 Å². The molecular weight excluding hydrogens is 542 g/mol. The maximum atomic E-state index is 14.4. The summed E-state index contributed by atoms with van der Waals surface area (Å²) in [6.45, 7) is 6.47. The van der Waals surface area contributed by atoms with E-state index in [0.29, 0.717) is 37.2 Å². The third-order valence-electron chi connectivity index (χ3n) is 8.35. The van der Waals surface area contributed by atoms with Crippen molar-refractivity contribution in [2.45, 2.75) is 75.6 Å². The van der Waals surface area contributed by atoms with E-state index in [9.17, 15) is 23.5 Å². The van der Waals surface area contributed by atoms with Crippen molar-refractivity contribution in [3.63, 3.8) is 0 Å². The maximum Gasteiger partial charge on any atom is 0.270 e. The van der Waals surface area contributed by atoms with E-state index < -0.39 is 34.2 Å². The summed E-state index contributed by atoms with van der Waals surface area (Å²) in [5.41, 5.74) is -1.04. The van der Waals surface area contributed by atoms with Gasteiger partial charge in [0, 0.05) is 43.2 Å². The minimum absolute atomic E-state index is 0.0282. The van der Waals surface area contributed by atoms with Crippen LogP contribution in [0.5, 0.6) is 0 Å². The van der Waals surface area contributed by atoms with E-state index in [2.05, 4.69) is 30.5 Å². The van der Waals surface area contributed by atoms with Gasteiger partial charge in [0.05, 0.1) is 28.8 Å². The monoisotopic (exact) mass is 578 g/mol. The SMILES string of the molecule is CC1(O)CCC(N2CC(CC(=O)NC(C)(C)c3ccncn3)(NC(=O)c3cc(-c4ccc(F)cc4F)ccn3)C2)CC1. The average Bonchev–Trinajstić information content (AvgIpc) is 2.92. The standard InChI is InChI=1S/C31H36F2N6O3/c1-29(2,26-9-12-34-19-36-26)37-27(40)16-31(17-39(18-31)22-6-10-30(3,42)11-7-22)38-28(41)25-14-20(8-13-35-25)23-5-4-21(32)15-24(23)33/h4-5,8-9,12-15,19,22,42H,6-7,10-11,16-18H2,1-3H3,(H,37,40)(H,38,41). The second-order valence-electron chi connectivity index (χ2n) is 12.4. The number of carbonyl (C=O) groups is 2. The zero-order chi connectivity index (χ0) is 30.1. The first-order valence-corrected chi connectivity index (χ1v) is 14.1. The molecule has 42 heavy (non-hydrogen) atoms. The van der Waals surface area contributed by atoms with Gasteiger partial charge in [-0.2, -0.15) is 0 Å². The van der Waals surface area contributed by atoms with Gasteiger partial charge in [-0.1, -0.05) is 0 Å². The number of hydrogen-bond acceptors (Lipinski definition) is 7. The summed E-state index contributed by atoms with van der Waals surface area (Å²) in [7, 11) is 0. The van der Waals surface area contributed by atoms with E-state index in [1.165, 1.54) is 24.7 Å². The van der Waals surface area contributed by atoms with Crippen LogP contribution >= 0.6 is 0 Å². The number of rotatable bonds is 8. The lowest BCUT2D eigenvalue weighted by atomic mass is 9.78. The Bertz CT molecular complexity index is 1450. The number of pyridine rings is 1. The minimum Gasteiger partial charge on any atom is -0.390 e. The highest BCUT2D eigenvalue weighted by atomic mass is 19.1. The van der Waals surface area contributed by atoms with E-state index in [1.807, 2.05) is 20.8 Å². The van der Waals surface area contributed by atoms with Gasteiger partial charge in [0.2, 0.25) is 5.91 Å². The zero-order valence-corrected chi connectivity index (χ0v) is 24.0. The van der Waals surface area contributed by atoms with Crippen molar-refractivity contribution >= 4 is 11.8 Å². The number of aliphatic hydroxyl groups is 1. The highest BCUT2D eigenvalue weighted by Crippen LogP contribution is 2.36. The Balaban J connectivity index is 1.33. The van der Waals surface area contributed by atoms with Crippen LogP contribution in [0, 0.1) is 11.6 Å². The Morgan fingerprint density at radius 1 is 1.07 bits per heavy atom. The second kappa shape index (κ2) is 11.4. The van der Waals surface area contributed by atoms with E-state index in [1.54, 1.807) is 18.3 Å². The van der Waals surface area contributed by atoms with Gasteiger partial charge in [-0.15, -0.1) is 0 Å². The fraction of sp³-hybridized carbons (Fsp3) is 0.452. The molecule has 1 saturated heterocycles. The lowest BCUT2D eigenvalue weighted by Gasteiger charge is -2.55. The molecule has 5 rings (SSSR count). The lowest BCUT2D eigenvalue weighted by Crippen LogP contribution is -2.73. The number of amides is 2. The Morgan fingerprint density at radius 3 is 2.48 bits per heavy atom. The smallest absolute Gasteiger partial charge is 0.270 e. The number of likely N-dealkylation sites (tertiary alicyclic amines) is 1. The summed E-state index contributed by atoms with van der Waals surface area (Å²) in [5, 5.41) is 16.5. The van der Waals surface area contributed by atoms with Crippen LogP contribution in [0.4, 0.5) is 8.78 Å². The van der Waals surface area contributed by atoms with Crippen LogP contribution in [0.25, 0.3) is 11.1 Å². The van der Waals surface area contributed by atoms with E-state index in [4.69, 9.17) is 0 Å². The molecule has 0 atom stereocenters. The first kappa shape index (κ1) is 29.7. The fourth-order valence-corrected chi connectivity index (χ4v) is 5.99. The van der Waals surface area contributed by atoms with Crippen molar-refractivity contribution < 1.29 is 23.5 Å². The minimum atomic E-state index is -0.859. The van der Waals surface area contributed by atoms with Crippen LogP contribution in [0.15, 0.2) is 55.1 Å². The van der Waals surface area contributed by atoms with Crippen LogP contribution < -0.4 is 10.6 Å². The zero-order valence-electron chi connectivity index (χ0n) is 24.0. The van der Waals surface area contributed by atoms with Crippen molar-refractivity contribution in [2.24, 2.45) is 0 Å². The summed E-state index contributed by atoms with van der Waals surface area (Å²) >= 11 is 0. The summed E-state index contributed by atoms with van der Waals surface area (Å²) in [4.78, 5) is 41.5. The summed E-state index contributed by atoms with van der Waals surface area (Å²) < 4.78 is 27.9. The predicted octanol–water partition coefficient (Wildman–Crippen LogP) is 3.74. The van der Waals surface area contributed by atoms with Crippen molar-refractivity contribution in [1.82, 2.24) is 30.5 Å². The number of benzene rings is 1. The van der Waals surface area contributed by atoms with Gasteiger partial charge in [0.25, 0.3) is 5.91 Å². The molecule has 222 valence electrons. The molecular formula is C31H36F2N6O3. The van der Waals surface area contributed by atoms with Crippen LogP contribution in [-0.2, 0) is 10.3 Å². The van der Waals surface area contributed by atoms with Gasteiger partial charge in [0.1, 0.15) is 23.7 Å². The van der Waals surface area contributed by atoms with Crippen LogP contribution in [0.2, 0.25) is 0 Å². The largest absolute Gasteiger partial charge is 0.390 e. The molecule has 0 radical (unpaired) electrons. The molecule has 3 aromatic rings. The quantitative estimate of drug-likeness (QED) is 0.373. The number of nitrogens with zero attached hydrogens (tertiary/aromatic N) is 4. The van der Waals surface area contributed by atoms with Crippen molar-refractivity contribution in [2.75, 3.05) is 13.1 Å². The van der Waals surface area contributed by atoms with Gasteiger partial charge < -0.3 is 15.7 Å². The molecule has 1 aliphatic heterocycles. The topological polar surface area (TPSA) is 120 Å². The molecule has 2 amide bonds. The number of aromatic nitrogens is 3. The second-order valence-corrected chi connectivity index (χ2v) is 12.4. The Labute approximate surface area is 243 Å². The van der Waals surface area contributed by atoms with Crippen molar-refractivity contribution in [3.05, 3.63) is 78.1 Å². The Kier molecular flexibility index (Phi) is 8.08. The number of halogens is 2. The lowest BCUT2D eigenvalue weighted by molar-refractivity contribution is -0.127. The van der Waals surface area contributed by atoms with Crippen molar-refractivity contribution in [1.29, 1.82) is 0 Å². The molecule has 3 heterocycles. The van der Waals surface area contributed by atoms with E-state index >= 15 is 0 Å². The molecule has 1 aliphatic carbocycles. The predicted molar refractivity (Wildman–Crippen MR) is 152 cm³/mol. The average molecular weight is 579 g/mol. The normalized spacial score (nSPS) is 22.2. The van der Waals surface area contributed by atoms with Crippen LogP contribution in [-0.4, -0.2) is 67.0 Å².